The molecule has 0 aliphatic rings. The van der Waals surface area contributed by atoms with Gasteiger partial charge in [-0.15, -0.1) is 0 Å². The van der Waals surface area contributed by atoms with Crippen LogP contribution in [0, 0.1) is 12.0 Å². The van der Waals surface area contributed by atoms with Crippen molar-refractivity contribution in [1.82, 2.24) is 0 Å². The molecule has 1 aromatic heterocycles. The average molecular weight is 584 g/mol. The van der Waals surface area contributed by atoms with Crippen LogP contribution >= 0.6 is 0 Å². The first-order valence-electron chi connectivity index (χ1n) is 15.2. The summed E-state index contributed by atoms with van der Waals surface area (Å²) in [6.45, 7) is 2.15. The molecule has 0 unspecified atom stereocenters. The molecule has 6 aromatic rings. The van der Waals surface area contributed by atoms with Gasteiger partial charge >= 0.3 is 0 Å². The van der Waals surface area contributed by atoms with Crippen LogP contribution < -0.4 is 25.9 Å². The van der Waals surface area contributed by atoms with Crippen molar-refractivity contribution >= 4 is 40.9 Å². The lowest BCUT2D eigenvalue weighted by atomic mass is 9.37. The minimum atomic E-state index is 0.309. The second-order valence-corrected chi connectivity index (χ2v) is 10.5. The van der Waals surface area contributed by atoms with E-state index in [1.54, 1.807) is 0 Å². The van der Waals surface area contributed by atoms with Gasteiger partial charge in [-0.05, 0) is 30.2 Å². The van der Waals surface area contributed by atoms with Gasteiger partial charge in [0.1, 0.15) is 7.05 Å². The molecule has 0 amide bonds. The van der Waals surface area contributed by atoms with Crippen LogP contribution in [0.15, 0.2) is 176 Å². The smallest absolute Gasteiger partial charge is 0.241 e. The van der Waals surface area contributed by atoms with E-state index in [1.165, 1.54) is 27.5 Å². The van der Waals surface area contributed by atoms with Crippen molar-refractivity contribution in [2.45, 2.75) is 6.92 Å². The van der Waals surface area contributed by atoms with E-state index in [1.807, 2.05) is 79.3 Å². The van der Waals surface area contributed by atoms with E-state index in [0.29, 0.717) is 6.71 Å². The van der Waals surface area contributed by atoms with Crippen molar-refractivity contribution < 1.29 is 4.57 Å². The predicted molar refractivity (Wildman–Crippen MR) is 195 cm³/mol. The molecule has 0 radical (unpaired) electrons. The highest BCUT2D eigenvalue weighted by molar-refractivity contribution is 6.95. The zero-order chi connectivity index (χ0) is 31.5. The van der Waals surface area contributed by atoms with Crippen molar-refractivity contribution in [3.8, 4) is 12.0 Å². The minimum absolute atomic E-state index is 0.309. The molecule has 0 N–H and O–H groups in total. The highest BCUT2D eigenvalue weighted by Crippen LogP contribution is 2.15. The first-order valence-corrected chi connectivity index (χ1v) is 15.2. The van der Waals surface area contributed by atoms with E-state index in [9.17, 15) is 0 Å². The molecule has 2 nitrogen and oxygen atoms in total. The first-order chi connectivity index (χ1) is 22.1. The summed E-state index contributed by atoms with van der Waals surface area (Å²) in [6.07, 6.45) is 8.32. The van der Waals surface area contributed by atoms with Crippen LogP contribution in [0.4, 0.5) is 5.69 Å². The van der Waals surface area contributed by atoms with Crippen LogP contribution in [0.25, 0.3) is 12.2 Å². The highest BCUT2D eigenvalue weighted by atomic mass is 15.1. The molecule has 5 aromatic carbocycles. The van der Waals surface area contributed by atoms with Gasteiger partial charge in [-0.2, -0.15) is 0 Å². The number of benzene rings is 5. The van der Waals surface area contributed by atoms with Crippen molar-refractivity contribution in [2.24, 2.45) is 7.05 Å². The molecule has 3 heteroatoms. The number of pyridine rings is 1. The Balaban J connectivity index is 0.000000173. The van der Waals surface area contributed by atoms with Gasteiger partial charge in [0.15, 0.2) is 12.4 Å². The van der Waals surface area contributed by atoms with E-state index in [-0.39, 0.29) is 0 Å². The summed E-state index contributed by atoms with van der Waals surface area (Å²) < 4.78 is 2.02. The normalized spacial score (nSPS) is 9.84. The maximum atomic E-state index is 3.01. The lowest BCUT2D eigenvalue weighted by molar-refractivity contribution is -0.671. The van der Waals surface area contributed by atoms with Crippen molar-refractivity contribution in [1.29, 1.82) is 0 Å². The largest absolute Gasteiger partial charge is 0.305 e. The van der Waals surface area contributed by atoms with Gasteiger partial charge in [0, 0.05) is 30.9 Å². The second-order valence-electron chi connectivity index (χ2n) is 10.5. The quantitative estimate of drug-likeness (QED) is 0.0888. The summed E-state index contributed by atoms with van der Waals surface area (Å²) in [7, 11) is 3.98. The molecule has 0 saturated heterocycles. The highest BCUT2D eigenvalue weighted by Gasteiger charge is 2.20. The van der Waals surface area contributed by atoms with E-state index < -0.39 is 0 Å². The van der Waals surface area contributed by atoms with Crippen LogP contribution in [0.1, 0.15) is 18.1 Å². The SMILES string of the molecule is CC#CN(C)c1ccc(/C=C/c2cc[n+](C)cc2)cc1.c1ccc(B(c2ccccc2)c2ccccc2)cc1.c1ccccc1. The van der Waals surface area contributed by atoms with Gasteiger partial charge in [-0.3, -0.25) is 0 Å². The van der Waals surface area contributed by atoms with E-state index >= 15 is 0 Å². The van der Waals surface area contributed by atoms with Gasteiger partial charge in [-0.25, -0.2) is 4.57 Å². The molecule has 0 fully saturated rings. The third-order valence-electron chi connectivity index (χ3n) is 7.10. The predicted octanol–water partition coefficient (Wildman–Crippen LogP) is 6.99. The molecule has 1 heterocycles. The number of hydrogen-bond acceptors (Lipinski definition) is 1. The summed E-state index contributed by atoms with van der Waals surface area (Å²) in [5.41, 5.74) is 7.48. The number of nitrogens with zero attached hydrogens (tertiary/aromatic N) is 2. The Hall–Kier alpha value is -5.59. The fourth-order valence-corrected chi connectivity index (χ4v) is 4.76. The molecule has 45 heavy (non-hydrogen) atoms. The Kier molecular flexibility index (Phi) is 13.0. The van der Waals surface area contributed by atoms with Crippen molar-refractivity contribution in [2.75, 3.05) is 11.9 Å². The molecule has 0 aliphatic carbocycles. The summed E-state index contributed by atoms with van der Waals surface area (Å²) in [6, 6.07) is 59.6. The molecule has 0 bridgehead atoms. The molecule has 6 rings (SSSR count). The van der Waals surface area contributed by atoms with E-state index in [0.717, 1.165) is 5.69 Å². The Labute approximate surface area is 270 Å². The third-order valence-corrected chi connectivity index (χ3v) is 7.10. The Morgan fingerprint density at radius 2 is 0.867 bits per heavy atom. The van der Waals surface area contributed by atoms with Crippen LogP contribution in [-0.4, -0.2) is 13.8 Å². The van der Waals surface area contributed by atoms with Crippen LogP contribution in [0.2, 0.25) is 0 Å². The van der Waals surface area contributed by atoms with Gasteiger partial charge in [0.05, 0.1) is 0 Å². The molecule has 0 atom stereocenters. The minimum Gasteiger partial charge on any atom is -0.305 e. The van der Waals surface area contributed by atoms with Crippen molar-refractivity contribution in [3.05, 3.63) is 187 Å². The monoisotopic (exact) mass is 583 g/mol. The topological polar surface area (TPSA) is 7.12 Å². The fraction of sp³-hybridized carbons (Fsp3) is 0.0714. The number of rotatable bonds is 6. The number of anilines is 1. The average Bonchev–Trinajstić information content (AvgIpc) is 3.11. The zero-order valence-electron chi connectivity index (χ0n) is 26.4. The first kappa shape index (κ1) is 32.3. The van der Waals surface area contributed by atoms with Gasteiger partial charge in [0.2, 0.25) is 6.71 Å². The Morgan fingerprint density at radius 1 is 0.511 bits per heavy atom. The number of hydrogen-bond donors (Lipinski definition) is 0. The van der Waals surface area contributed by atoms with Crippen LogP contribution in [0.3, 0.4) is 0 Å². The Bertz CT molecular complexity index is 1620. The number of aromatic nitrogens is 1. The summed E-state index contributed by atoms with van der Waals surface area (Å²) in [5.74, 6) is 2.89. The summed E-state index contributed by atoms with van der Waals surface area (Å²) >= 11 is 0. The molecule has 0 spiro atoms. The van der Waals surface area contributed by atoms with Gasteiger partial charge in [-0.1, -0.05) is 174 Å². The standard InChI is InChI=1S/C18H15B.C18H19N2.C6H6/c1-4-10-16(11-5-1)19(17-12-6-2-7-13-17)18-14-8-3-9-15-18;1-4-13-20(3)18-9-7-16(8-10-18)5-6-17-11-14-19(2)15-12-17;1-2-4-6-5-3-1/h1-15H;5-12,14-15H,1-3H3;1-6H/q;+1;. The van der Waals surface area contributed by atoms with E-state index in [2.05, 4.69) is 152 Å². The number of aryl methyl sites for hydroxylation is 1. The molecule has 220 valence electrons. The van der Waals surface area contributed by atoms with Gasteiger partial charge < -0.3 is 4.90 Å². The molecule has 0 saturated carbocycles. The summed E-state index contributed by atoms with van der Waals surface area (Å²) in [4.78, 5) is 1.92. The molecule has 0 aliphatic heterocycles. The van der Waals surface area contributed by atoms with Crippen LogP contribution in [0.5, 0.6) is 0 Å². The van der Waals surface area contributed by atoms with E-state index in [4.69, 9.17) is 0 Å². The Morgan fingerprint density at radius 3 is 1.24 bits per heavy atom. The molecular weight excluding hydrogens is 543 g/mol. The fourth-order valence-electron chi connectivity index (χ4n) is 4.76. The lowest BCUT2D eigenvalue weighted by Crippen LogP contribution is -2.51. The maximum Gasteiger partial charge on any atom is 0.241 e. The summed E-state index contributed by atoms with van der Waals surface area (Å²) in [5, 5.41) is 0. The van der Waals surface area contributed by atoms with Crippen molar-refractivity contribution in [3.63, 3.8) is 0 Å². The third kappa shape index (κ3) is 10.9. The second kappa shape index (κ2) is 18.2. The van der Waals surface area contributed by atoms with Gasteiger partial charge in [0.25, 0.3) is 0 Å². The maximum absolute atomic E-state index is 3.01. The molecular formula is C42H40BN2+. The van der Waals surface area contributed by atoms with Crippen LogP contribution in [-0.2, 0) is 7.05 Å². The zero-order valence-corrected chi connectivity index (χ0v) is 26.4. The lowest BCUT2D eigenvalue weighted by Gasteiger charge is -2.15.